The molecule has 6 heteroatoms. The molecule has 0 bridgehead atoms. The number of benzene rings is 2. The number of rotatable bonds is 6. The summed E-state index contributed by atoms with van der Waals surface area (Å²) >= 11 is 0. The highest BCUT2D eigenvalue weighted by Gasteiger charge is 2.35. The molecule has 0 radical (unpaired) electrons. The lowest BCUT2D eigenvalue weighted by molar-refractivity contribution is 0.0555. The van der Waals surface area contributed by atoms with Crippen molar-refractivity contribution >= 4 is 36.0 Å². The van der Waals surface area contributed by atoms with Gasteiger partial charge in [0.1, 0.15) is 5.76 Å². The zero-order valence-electron chi connectivity index (χ0n) is 19.8. The van der Waals surface area contributed by atoms with Crippen molar-refractivity contribution in [2.24, 2.45) is 0 Å². The summed E-state index contributed by atoms with van der Waals surface area (Å²) in [6, 6.07) is 9.51. The second-order valence-corrected chi connectivity index (χ2v) is 14.0. The first kappa shape index (κ1) is 23.8. The number of carbonyl (C=O) groups excluding carboxylic acids is 2. The summed E-state index contributed by atoms with van der Waals surface area (Å²) in [6.07, 6.45) is 6.45. The van der Waals surface area contributed by atoms with E-state index in [9.17, 15) is 9.59 Å². The van der Waals surface area contributed by atoms with Gasteiger partial charge in [0.05, 0.1) is 40.5 Å². The van der Waals surface area contributed by atoms with E-state index in [1.165, 1.54) is 19.8 Å². The van der Waals surface area contributed by atoms with Crippen molar-refractivity contribution in [2.75, 3.05) is 21.3 Å². The molecule has 0 saturated heterocycles. The molecule has 32 heavy (non-hydrogen) atoms. The van der Waals surface area contributed by atoms with E-state index in [4.69, 9.17) is 14.2 Å². The summed E-state index contributed by atoms with van der Waals surface area (Å²) in [7, 11) is 2.23. The van der Waals surface area contributed by atoms with Crippen LogP contribution >= 0.6 is 0 Å². The van der Waals surface area contributed by atoms with Gasteiger partial charge in [-0.2, -0.15) is 0 Å². The van der Waals surface area contributed by atoms with Gasteiger partial charge in [0.15, 0.2) is 0 Å². The van der Waals surface area contributed by atoms with Crippen molar-refractivity contribution in [3.05, 3.63) is 64.4 Å². The van der Waals surface area contributed by atoms with Crippen molar-refractivity contribution in [3.63, 3.8) is 0 Å². The normalized spacial score (nSPS) is 15.0. The largest absolute Gasteiger partial charge is 0.497 e. The fraction of sp³-hybridized carbons (Fsp3) is 0.385. The smallest absolute Gasteiger partial charge is 0.339 e. The Kier molecular flexibility index (Phi) is 7.24. The first-order valence-electron chi connectivity index (χ1n) is 11.0. The number of carbonyl (C=O) groups is 2. The molecule has 0 amide bonds. The Morgan fingerprint density at radius 1 is 0.875 bits per heavy atom. The minimum absolute atomic E-state index is 0.205. The van der Waals surface area contributed by atoms with Gasteiger partial charge in [-0.3, -0.25) is 0 Å². The standard InChI is InChI=1S/C26H32O5Si/c1-29-23(17-12-8-7-9-13-17)24(32(4,5)6)21-19-15-11-10-14-18(19)16-20(25(27)30-2)22(21)26(28)31-3/h10-12,14-16H,7-9,13H2,1-6H3/b24-23+. The third kappa shape index (κ3) is 4.51. The highest BCUT2D eigenvalue weighted by molar-refractivity contribution is 6.94. The molecule has 2 aromatic carbocycles. The molecule has 0 unspecified atom stereocenters. The topological polar surface area (TPSA) is 61.8 Å². The Morgan fingerprint density at radius 2 is 1.56 bits per heavy atom. The van der Waals surface area contributed by atoms with E-state index < -0.39 is 20.0 Å². The van der Waals surface area contributed by atoms with Crippen molar-refractivity contribution < 1.29 is 23.8 Å². The van der Waals surface area contributed by atoms with Crippen LogP contribution < -0.4 is 0 Å². The quantitative estimate of drug-likeness (QED) is 0.299. The predicted octanol–water partition coefficient (Wildman–Crippen LogP) is 6.15. The third-order valence-electron chi connectivity index (χ3n) is 5.86. The maximum Gasteiger partial charge on any atom is 0.339 e. The average Bonchev–Trinajstić information content (AvgIpc) is 2.80. The molecule has 1 aliphatic carbocycles. The number of allylic oxidation sites excluding steroid dienone is 2. The van der Waals surface area contributed by atoms with Crippen molar-refractivity contribution in [2.45, 2.75) is 45.3 Å². The molecule has 5 nitrogen and oxygen atoms in total. The van der Waals surface area contributed by atoms with Gasteiger partial charge in [0.25, 0.3) is 0 Å². The number of methoxy groups -OCH3 is 3. The number of hydrogen-bond donors (Lipinski definition) is 0. The molecule has 3 rings (SSSR count). The number of hydrogen-bond acceptors (Lipinski definition) is 5. The second kappa shape index (κ2) is 9.73. The molecule has 0 heterocycles. The Labute approximate surface area is 191 Å². The molecular weight excluding hydrogens is 420 g/mol. The van der Waals surface area contributed by atoms with Gasteiger partial charge in [0, 0.05) is 5.56 Å². The molecular formula is C26H32O5Si. The van der Waals surface area contributed by atoms with Crippen LogP contribution in [0.5, 0.6) is 0 Å². The molecule has 0 aliphatic heterocycles. The molecule has 0 spiro atoms. The summed E-state index contributed by atoms with van der Waals surface area (Å²) in [5, 5.41) is 2.76. The molecule has 0 N–H and O–H groups in total. The number of ether oxygens (including phenoxy) is 3. The van der Waals surface area contributed by atoms with Crippen LogP contribution in [0, 0.1) is 0 Å². The molecule has 0 atom stereocenters. The first-order chi connectivity index (χ1) is 15.2. The van der Waals surface area contributed by atoms with E-state index >= 15 is 0 Å². The van der Waals surface area contributed by atoms with Gasteiger partial charge in [-0.25, -0.2) is 9.59 Å². The maximum atomic E-state index is 13.1. The van der Waals surface area contributed by atoms with E-state index in [-0.39, 0.29) is 11.1 Å². The summed E-state index contributed by atoms with van der Waals surface area (Å²) in [5.74, 6) is -0.306. The first-order valence-corrected chi connectivity index (χ1v) is 14.5. The fourth-order valence-electron chi connectivity index (χ4n) is 4.46. The van der Waals surface area contributed by atoms with Crippen LogP contribution in [0.15, 0.2) is 47.7 Å². The van der Waals surface area contributed by atoms with Crippen molar-refractivity contribution in [3.8, 4) is 0 Å². The summed E-state index contributed by atoms with van der Waals surface area (Å²) in [4.78, 5) is 25.9. The summed E-state index contributed by atoms with van der Waals surface area (Å²) in [5.41, 5.74) is 2.33. The van der Waals surface area contributed by atoms with Crippen LogP contribution in [-0.2, 0) is 14.2 Å². The number of esters is 2. The van der Waals surface area contributed by atoms with Crippen LogP contribution in [0.4, 0.5) is 0 Å². The average molecular weight is 453 g/mol. The Morgan fingerprint density at radius 3 is 2.12 bits per heavy atom. The van der Waals surface area contributed by atoms with Gasteiger partial charge in [0.2, 0.25) is 0 Å². The highest BCUT2D eigenvalue weighted by Crippen LogP contribution is 2.42. The summed E-state index contributed by atoms with van der Waals surface area (Å²) < 4.78 is 16.3. The summed E-state index contributed by atoms with van der Waals surface area (Å²) in [6.45, 7) is 6.68. The molecule has 0 fully saturated rings. The molecule has 0 saturated carbocycles. The SMILES string of the molecule is COC(=O)c1cc2ccccc2c(/C(=C(\OC)C2=CCCCC2)[Si](C)(C)C)c1C(=O)OC. The lowest BCUT2D eigenvalue weighted by Gasteiger charge is -2.30. The highest BCUT2D eigenvalue weighted by atomic mass is 28.3. The van der Waals surface area contributed by atoms with Crippen molar-refractivity contribution in [1.82, 2.24) is 0 Å². The zero-order chi connectivity index (χ0) is 23.5. The van der Waals surface area contributed by atoms with Crippen LogP contribution in [0.25, 0.3) is 16.0 Å². The van der Waals surface area contributed by atoms with Gasteiger partial charge in [-0.15, -0.1) is 0 Å². The van der Waals surface area contributed by atoms with Gasteiger partial charge in [-0.1, -0.05) is 50.0 Å². The van der Waals surface area contributed by atoms with Crippen LogP contribution in [0.1, 0.15) is 52.0 Å². The van der Waals surface area contributed by atoms with E-state index in [2.05, 4.69) is 25.7 Å². The van der Waals surface area contributed by atoms with E-state index in [1.807, 2.05) is 24.3 Å². The number of fused-ring (bicyclic) bond motifs is 1. The Balaban J connectivity index is 2.57. The Hall–Kier alpha value is -2.86. The van der Waals surface area contributed by atoms with E-state index in [0.717, 1.165) is 53.0 Å². The monoisotopic (exact) mass is 452 g/mol. The molecule has 2 aromatic rings. The fourth-order valence-corrected chi connectivity index (χ4v) is 6.41. The minimum Gasteiger partial charge on any atom is -0.497 e. The predicted molar refractivity (Wildman–Crippen MR) is 130 cm³/mol. The van der Waals surface area contributed by atoms with Crippen LogP contribution in [0.2, 0.25) is 19.6 Å². The zero-order valence-corrected chi connectivity index (χ0v) is 20.8. The molecule has 1 aliphatic rings. The molecule has 0 aromatic heterocycles. The van der Waals surface area contributed by atoms with Crippen LogP contribution in [-0.4, -0.2) is 41.3 Å². The van der Waals surface area contributed by atoms with Crippen molar-refractivity contribution in [1.29, 1.82) is 0 Å². The second-order valence-electron chi connectivity index (χ2n) is 9.01. The lowest BCUT2D eigenvalue weighted by atomic mass is 9.91. The minimum atomic E-state index is -2.12. The maximum absolute atomic E-state index is 13.1. The Bertz CT molecular complexity index is 1110. The third-order valence-corrected chi connectivity index (χ3v) is 7.84. The van der Waals surface area contributed by atoms with Gasteiger partial charge in [-0.05, 0) is 53.3 Å². The van der Waals surface area contributed by atoms with E-state index in [0.29, 0.717) is 0 Å². The lowest BCUT2D eigenvalue weighted by Crippen LogP contribution is -2.28. The molecule has 170 valence electrons. The van der Waals surface area contributed by atoms with Gasteiger partial charge < -0.3 is 14.2 Å². The van der Waals surface area contributed by atoms with Gasteiger partial charge >= 0.3 is 11.9 Å². The van der Waals surface area contributed by atoms with E-state index in [1.54, 1.807) is 13.2 Å². The van der Waals surface area contributed by atoms with Crippen LogP contribution in [0.3, 0.4) is 0 Å².